The van der Waals surface area contributed by atoms with Gasteiger partial charge in [0, 0.05) is 30.9 Å². The van der Waals surface area contributed by atoms with Crippen LogP contribution in [-0.2, 0) is 16.6 Å². The number of sulfonamides is 1. The zero-order chi connectivity index (χ0) is 21.7. The summed E-state index contributed by atoms with van der Waals surface area (Å²) in [5.74, 6) is -0.324. The van der Waals surface area contributed by atoms with Crippen molar-refractivity contribution in [1.82, 2.24) is 19.4 Å². The average molecular weight is 447 g/mol. The Hall–Kier alpha value is -2.68. The summed E-state index contributed by atoms with van der Waals surface area (Å²) < 4.78 is 28.0. The number of nitrogens with zero attached hydrogens (tertiary/aromatic N) is 3. The van der Waals surface area contributed by atoms with Crippen molar-refractivity contribution in [3.05, 3.63) is 77.1 Å². The molecule has 0 saturated carbocycles. The molecule has 1 heterocycles. The lowest BCUT2D eigenvalue weighted by atomic mass is 10.2. The summed E-state index contributed by atoms with van der Waals surface area (Å²) in [7, 11) is -3.50. The van der Waals surface area contributed by atoms with Crippen LogP contribution in [0.15, 0.2) is 65.7 Å². The first-order valence-corrected chi connectivity index (χ1v) is 11.4. The maximum absolute atomic E-state index is 12.5. The van der Waals surface area contributed by atoms with Crippen molar-refractivity contribution in [3.8, 4) is 5.69 Å². The van der Waals surface area contributed by atoms with Crippen LogP contribution in [0.4, 0.5) is 0 Å². The van der Waals surface area contributed by atoms with Crippen LogP contribution in [0.25, 0.3) is 5.69 Å². The first-order chi connectivity index (χ1) is 14.3. The van der Waals surface area contributed by atoms with E-state index in [4.69, 9.17) is 11.6 Å². The Labute approximate surface area is 181 Å². The second kappa shape index (κ2) is 9.42. The molecule has 2 aromatic carbocycles. The van der Waals surface area contributed by atoms with Gasteiger partial charge in [0.2, 0.25) is 10.0 Å². The first-order valence-electron chi connectivity index (χ1n) is 9.54. The summed E-state index contributed by atoms with van der Waals surface area (Å²) in [6.07, 6.45) is 1.69. The molecular weight excluding hydrogens is 424 g/mol. The molecule has 1 aromatic heterocycles. The molecule has 1 amide bonds. The number of halogens is 1. The number of nitrogens with one attached hydrogen (secondary N) is 1. The maximum Gasteiger partial charge on any atom is 0.272 e. The number of carbonyl (C=O) groups is 1. The van der Waals surface area contributed by atoms with E-state index in [1.165, 1.54) is 4.31 Å². The fraction of sp³-hybridized carbons (Fsp3) is 0.238. The van der Waals surface area contributed by atoms with E-state index < -0.39 is 10.0 Å². The van der Waals surface area contributed by atoms with Crippen molar-refractivity contribution in [2.75, 3.05) is 13.1 Å². The highest BCUT2D eigenvalue weighted by Gasteiger charge is 2.21. The minimum Gasteiger partial charge on any atom is -0.347 e. The molecule has 0 bridgehead atoms. The third-order valence-electron chi connectivity index (χ3n) is 4.61. The molecule has 0 saturated heterocycles. The monoisotopic (exact) mass is 446 g/mol. The largest absolute Gasteiger partial charge is 0.347 e. The number of benzene rings is 2. The minimum absolute atomic E-state index is 0.238. The molecular formula is C21H23ClN4O3S. The molecule has 0 aliphatic heterocycles. The third-order valence-corrected chi connectivity index (χ3v) is 6.91. The molecule has 0 spiro atoms. The molecule has 1 N–H and O–H groups in total. The van der Waals surface area contributed by atoms with Crippen LogP contribution in [0.3, 0.4) is 0 Å². The first kappa shape index (κ1) is 22.0. The van der Waals surface area contributed by atoms with Gasteiger partial charge in [-0.15, -0.1) is 0 Å². The Kier molecular flexibility index (Phi) is 6.91. The van der Waals surface area contributed by atoms with Gasteiger partial charge in [-0.1, -0.05) is 43.6 Å². The van der Waals surface area contributed by atoms with Crippen molar-refractivity contribution >= 4 is 27.5 Å². The van der Waals surface area contributed by atoms with Gasteiger partial charge in [-0.05, 0) is 42.0 Å². The van der Waals surface area contributed by atoms with Gasteiger partial charge < -0.3 is 5.32 Å². The van der Waals surface area contributed by atoms with Crippen LogP contribution in [0.5, 0.6) is 0 Å². The predicted octanol–water partition coefficient (Wildman–Crippen LogP) is 3.49. The minimum atomic E-state index is -3.50. The molecule has 0 fully saturated rings. The number of aromatic nitrogens is 2. The molecule has 3 rings (SSSR count). The van der Waals surface area contributed by atoms with Crippen molar-refractivity contribution in [1.29, 1.82) is 0 Å². The Bertz CT molecular complexity index is 1120. The summed E-state index contributed by atoms with van der Waals surface area (Å²) in [5.41, 5.74) is 1.82. The second-order valence-electron chi connectivity index (χ2n) is 6.54. The molecule has 0 radical (unpaired) electrons. The van der Waals surface area contributed by atoms with Gasteiger partial charge in [0.25, 0.3) is 5.91 Å². The lowest BCUT2D eigenvalue weighted by molar-refractivity contribution is 0.0945. The van der Waals surface area contributed by atoms with Gasteiger partial charge in [0.1, 0.15) is 0 Å². The van der Waals surface area contributed by atoms with Crippen molar-refractivity contribution in [2.24, 2.45) is 0 Å². The summed E-state index contributed by atoms with van der Waals surface area (Å²) in [6, 6.07) is 15.3. The Balaban J connectivity index is 1.64. The quantitative estimate of drug-likeness (QED) is 0.574. The summed E-state index contributed by atoms with van der Waals surface area (Å²) in [6.45, 7) is 4.70. The van der Waals surface area contributed by atoms with E-state index in [0.717, 1.165) is 11.3 Å². The topological polar surface area (TPSA) is 84.3 Å². The number of hydrogen-bond acceptors (Lipinski definition) is 4. The SMILES string of the molecule is CCN(CC)S(=O)(=O)c1ccc(CNC(=O)c2ccn(-c3cccc(Cl)c3)n2)cc1. The van der Waals surface area contributed by atoms with E-state index in [9.17, 15) is 13.2 Å². The van der Waals surface area contributed by atoms with E-state index in [-0.39, 0.29) is 23.0 Å². The third kappa shape index (κ3) is 4.89. The van der Waals surface area contributed by atoms with Gasteiger partial charge in [-0.3, -0.25) is 4.79 Å². The zero-order valence-corrected chi connectivity index (χ0v) is 18.3. The van der Waals surface area contributed by atoms with E-state index in [0.29, 0.717) is 18.1 Å². The molecule has 0 unspecified atom stereocenters. The smallest absolute Gasteiger partial charge is 0.272 e. The summed E-state index contributed by atoms with van der Waals surface area (Å²) in [5, 5.41) is 7.66. The number of hydrogen-bond donors (Lipinski definition) is 1. The van der Waals surface area contributed by atoms with E-state index >= 15 is 0 Å². The number of carbonyl (C=O) groups excluding carboxylic acids is 1. The highest BCUT2D eigenvalue weighted by molar-refractivity contribution is 7.89. The van der Waals surface area contributed by atoms with Crippen LogP contribution in [0, 0.1) is 0 Å². The molecule has 9 heteroatoms. The van der Waals surface area contributed by atoms with Crippen molar-refractivity contribution < 1.29 is 13.2 Å². The maximum atomic E-state index is 12.5. The van der Waals surface area contributed by atoms with Crippen molar-refractivity contribution in [3.63, 3.8) is 0 Å². The molecule has 7 nitrogen and oxygen atoms in total. The van der Waals surface area contributed by atoms with Crippen LogP contribution in [0.1, 0.15) is 29.9 Å². The fourth-order valence-corrected chi connectivity index (χ4v) is 4.61. The second-order valence-corrected chi connectivity index (χ2v) is 8.92. The van der Waals surface area contributed by atoms with Crippen LogP contribution < -0.4 is 5.32 Å². The predicted molar refractivity (Wildman–Crippen MR) is 116 cm³/mol. The number of rotatable bonds is 8. The Morgan fingerprint density at radius 2 is 1.80 bits per heavy atom. The van der Waals surface area contributed by atoms with Gasteiger partial charge in [0.15, 0.2) is 5.69 Å². The van der Waals surface area contributed by atoms with Crippen LogP contribution >= 0.6 is 11.6 Å². The van der Waals surface area contributed by atoms with Gasteiger partial charge in [0.05, 0.1) is 10.6 Å². The van der Waals surface area contributed by atoms with Crippen LogP contribution in [-0.4, -0.2) is 41.5 Å². The van der Waals surface area contributed by atoms with Crippen molar-refractivity contribution in [2.45, 2.75) is 25.3 Å². The molecule has 0 aliphatic rings. The number of amides is 1. The lowest BCUT2D eigenvalue weighted by Crippen LogP contribution is -2.30. The fourth-order valence-electron chi connectivity index (χ4n) is 2.97. The highest BCUT2D eigenvalue weighted by Crippen LogP contribution is 2.17. The van der Waals surface area contributed by atoms with E-state index in [2.05, 4.69) is 10.4 Å². The van der Waals surface area contributed by atoms with Crippen LogP contribution in [0.2, 0.25) is 5.02 Å². The van der Waals surface area contributed by atoms with Gasteiger partial charge >= 0.3 is 0 Å². The highest BCUT2D eigenvalue weighted by atomic mass is 35.5. The molecule has 3 aromatic rings. The Morgan fingerprint density at radius 3 is 2.43 bits per heavy atom. The van der Waals surface area contributed by atoms with Gasteiger partial charge in [-0.25, -0.2) is 13.1 Å². The molecule has 158 valence electrons. The standard InChI is InChI=1S/C21H23ClN4O3S/c1-3-25(4-2)30(28,29)19-10-8-16(9-11-19)15-23-21(27)20-12-13-26(24-20)18-7-5-6-17(22)14-18/h5-14H,3-4,15H2,1-2H3,(H,23,27). The van der Waals surface area contributed by atoms with Gasteiger partial charge in [-0.2, -0.15) is 9.40 Å². The van der Waals surface area contributed by atoms with E-state index in [1.54, 1.807) is 67.2 Å². The normalized spacial score (nSPS) is 11.6. The molecule has 0 aliphatic carbocycles. The Morgan fingerprint density at radius 1 is 1.10 bits per heavy atom. The summed E-state index contributed by atoms with van der Waals surface area (Å²) >= 11 is 5.99. The zero-order valence-electron chi connectivity index (χ0n) is 16.7. The molecule has 30 heavy (non-hydrogen) atoms. The summed E-state index contributed by atoms with van der Waals surface area (Å²) in [4.78, 5) is 12.6. The lowest BCUT2D eigenvalue weighted by Gasteiger charge is -2.18. The average Bonchev–Trinajstić information content (AvgIpc) is 3.23. The molecule has 0 atom stereocenters. The van der Waals surface area contributed by atoms with E-state index in [1.807, 2.05) is 12.1 Å².